The lowest BCUT2D eigenvalue weighted by Crippen LogP contribution is -2.38. The Morgan fingerprint density at radius 2 is 2.18 bits per heavy atom. The predicted octanol–water partition coefficient (Wildman–Crippen LogP) is 3.59. The fourth-order valence-electron chi connectivity index (χ4n) is 3.32. The van der Waals surface area contributed by atoms with E-state index in [1.807, 2.05) is 11.7 Å². The highest BCUT2D eigenvalue weighted by Crippen LogP contribution is 2.33. The molecule has 1 fully saturated rings. The van der Waals surface area contributed by atoms with Gasteiger partial charge in [-0.3, -0.25) is 4.68 Å². The van der Waals surface area contributed by atoms with Crippen LogP contribution in [0, 0.1) is 13.8 Å². The van der Waals surface area contributed by atoms with Gasteiger partial charge in [-0.1, -0.05) is 11.6 Å². The zero-order chi connectivity index (χ0) is 16.3. The predicted molar refractivity (Wildman–Crippen MR) is 91.0 cm³/mol. The Hall–Kier alpha value is -1.13. The molecule has 2 rings (SSSR count). The summed E-state index contributed by atoms with van der Waals surface area (Å²) >= 11 is 0. The van der Waals surface area contributed by atoms with Gasteiger partial charge in [0.25, 0.3) is 0 Å². The first-order valence-corrected chi connectivity index (χ1v) is 8.41. The largest absolute Gasteiger partial charge is 0.372 e. The van der Waals surface area contributed by atoms with E-state index in [1.165, 1.54) is 23.3 Å². The number of allylic oxidation sites excluding steroid dienone is 2. The van der Waals surface area contributed by atoms with Crippen LogP contribution in [0.3, 0.4) is 0 Å². The maximum absolute atomic E-state index is 6.04. The summed E-state index contributed by atoms with van der Waals surface area (Å²) in [5.41, 5.74) is 4.98. The fraction of sp³-hybridized carbons (Fsp3) is 0.722. The second-order valence-corrected chi connectivity index (χ2v) is 6.82. The Labute approximate surface area is 134 Å². The van der Waals surface area contributed by atoms with Gasteiger partial charge >= 0.3 is 0 Å². The molecule has 0 aliphatic carbocycles. The molecule has 4 nitrogen and oxygen atoms in total. The van der Waals surface area contributed by atoms with Gasteiger partial charge in [0.15, 0.2) is 0 Å². The molecule has 0 radical (unpaired) electrons. The lowest BCUT2D eigenvalue weighted by molar-refractivity contribution is 0.0955. The van der Waals surface area contributed by atoms with E-state index in [2.05, 4.69) is 51.1 Å². The molecule has 2 heterocycles. The summed E-state index contributed by atoms with van der Waals surface area (Å²) in [5, 5.41) is 8.31. The molecule has 0 amide bonds. The van der Waals surface area contributed by atoms with E-state index in [0.717, 1.165) is 25.1 Å². The molecule has 1 saturated heterocycles. The molecule has 124 valence electrons. The maximum atomic E-state index is 6.04. The van der Waals surface area contributed by atoms with Crippen molar-refractivity contribution in [1.82, 2.24) is 15.1 Å². The van der Waals surface area contributed by atoms with E-state index >= 15 is 0 Å². The first kappa shape index (κ1) is 17.2. The highest BCUT2D eigenvalue weighted by Gasteiger charge is 2.33. The van der Waals surface area contributed by atoms with Crippen molar-refractivity contribution in [2.45, 2.75) is 72.1 Å². The number of aromatic nitrogens is 2. The number of nitrogens with zero attached hydrogens (tertiary/aromatic N) is 2. The van der Waals surface area contributed by atoms with Gasteiger partial charge in [0.05, 0.1) is 5.69 Å². The van der Waals surface area contributed by atoms with Crippen molar-refractivity contribution in [3.05, 3.63) is 28.6 Å². The third-order valence-corrected chi connectivity index (χ3v) is 4.59. The number of aryl methyl sites for hydroxylation is 2. The Morgan fingerprint density at radius 3 is 2.77 bits per heavy atom. The van der Waals surface area contributed by atoms with E-state index in [-0.39, 0.29) is 6.10 Å². The van der Waals surface area contributed by atoms with Crippen molar-refractivity contribution in [2.75, 3.05) is 6.61 Å². The van der Waals surface area contributed by atoms with Crippen LogP contribution in [0.15, 0.2) is 11.6 Å². The molecule has 0 aromatic carbocycles. The van der Waals surface area contributed by atoms with Gasteiger partial charge in [0.2, 0.25) is 0 Å². The topological polar surface area (TPSA) is 39.1 Å². The Kier molecular flexibility index (Phi) is 5.81. The number of rotatable bonds is 6. The number of hydrogen-bond acceptors (Lipinski definition) is 3. The van der Waals surface area contributed by atoms with Gasteiger partial charge in [0.1, 0.15) is 6.10 Å². The van der Waals surface area contributed by atoms with E-state index in [1.54, 1.807) is 0 Å². The second kappa shape index (κ2) is 7.42. The SMILES string of the molecule is CC(C)=CCC[C@H](C)N[C@H]1CCO[C@@H]1c1c(C)nn(C)c1C. The summed E-state index contributed by atoms with van der Waals surface area (Å²) in [6.45, 7) is 11.6. The summed E-state index contributed by atoms with van der Waals surface area (Å²) in [5.74, 6) is 0. The summed E-state index contributed by atoms with van der Waals surface area (Å²) in [7, 11) is 2.01. The standard InChI is InChI=1S/C18H31N3O/c1-12(2)8-7-9-13(3)19-16-10-11-22-18(16)17-14(4)20-21(6)15(17)5/h8,13,16,18-19H,7,9-11H2,1-6H3/t13-,16-,18-/m0/s1. The maximum Gasteiger partial charge on any atom is 0.101 e. The van der Waals surface area contributed by atoms with Crippen molar-refractivity contribution in [3.63, 3.8) is 0 Å². The van der Waals surface area contributed by atoms with Crippen LogP contribution in [0.4, 0.5) is 0 Å². The molecule has 0 saturated carbocycles. The quantitative estimate of drug-likeness (QED) is 0.816. The Balaban J connectivity index is 2.00. The molecular weight excluding hydrogens is 274 g/mol. The van der Waals surface area contributed by atoms with Gasteiger partial charge in [0, 0.05) is 37.0 Å². The van der Waals surface area contributed by atoms with Crippen molar-refractivity contribution in [3.8, 4) is 0 Å². The molecule has 0 spiro atoms. The van der Waals surface area contributed by atoms with Crippen LogP contribution >= 0.6 is 0 Å². The molecular formula is C18H31N3O. The molecule has 1 N–H and O–H groups in total. The molecule has 1 aliphatic rings. The minimum Gasteiger partial charge on any atom is -0.372 e. The average Bonchev–Trinajstić information content (AvgIpc) is 2.95. The van der Waals surface area contributed by atoms with E-state index < -0.39 is 0 Å². The van der Waals surface area contributed by atoms with Crippen LogP contribution in [0.5, 0.6) is 0 Å². The first-order chi connectivity index (χ1) is 10.4. The van der Waals surface area contributed by atoms with Gasteiger partial charge in [-0.25, -0.2) is 0 Å². The van der Waals surface area contributed by atoms with E-state index in [9.17, 15) is 0 Å². The number of ether oxygens (including phenoxy) is 1. The fourth-order valence-corrected chi connectivity index (χ4v) is 3.32. The van der Waals surface area contributed by atoms with Crippen molar-refractivity contribution in [1.29, 1.82) is 0 Å². The van der Waals surface area contributed by atoms with Gasteiger partial charge in [-0.15, -0.1) is 0 Å². The molecule has 1 aliphatic heterocycles. The molecule has 0 unspecified atom stereocenters. The Bertz CT molecular complexity index is 529. The lowest BCUT2D eigenvalue weighted by Gasteiger charge is -2.24. The highest BCUT2D eigenvalue weighted by atomic mass is 16.5. The average molecular weight is 305 g/mol. The van der Waals surface area contributed by atoms with Crippen LogP contribution < -0.4 is 5.32 Å². The summed E-state index contributed by atoms with van der Waals surface area (Å²) in [4.78, 5) is 0. The number of nitrogens with one attached hydrogen (secondary N) is 1. The zero-order valence-electron chi connectivity index (χ0n) is 14.9. The van der Waals surface area contributed by atoms with Crippen LogP contribution in [0.2, 0.25) is 0 Å². The Morgan fingerprint density at radius 1 is 1.45 bits per heavy atom. The van der Waals surface area contributed by atoms with E-state index in [0.29, 0.717) is 12.1 Å². The smallest absolute Gasteiger partial charge is 0.101 e. The second-order valence-electron chi connectivity index (χ2n) is 6.82. The zero-order valence-corrected chi connectivity index (χ0v) is 14.9. The molecule has 3 atom stereocenters. The monoisotopic (exact) mass is 305 g/mol. The molecule has 1 aromatic rings. The lowest BCUT2D eigenvalue weighted by atomic mass is 9.99. The molecule has 22 heavy (non-hydrogen) atoms. The molecule has 1 aromatic heterocycles. The number of hydrogen-bond donors (Lipinski definition) is 1. The molecule has 0 bridgehead atoms. The molecule has 4 heteroatoms. The summed E-state index contributed by atoms with van der Waals surface area (Å²) in [6, 6.07) is 0.894. The minimum atomic E-state index is 0.139. The summed E-state index contributed by atoms with van der Waals surface area (Å²) in [6.07, 6.45) is 5.83. The van der Waals surface area contributed by atoms with Crippen LogP contribution in [-0.4, -0.2) is 28.5 Å². The van der Waals surface area contributed by atoms with Gasteiger partial charge in [-0.05, 0) is 53.9 Å². The highest BCUT2D eigenvalue weighted by molar-refractivity contribution is 5.29. The van der Waals surface area contributed by atoms with Gasteiger partial charge < -0.3 is 10.1 Å². The van der Waals surface area contributed by atoms with Gasteiger partial charge in [-0.2, -0.15) is 5.10 Å². The third-order valence-electron chi connectivity index (χ3n) is 4.59. The van der Waals surface area contributed by atoms with Crippen molar-refractivity contribution < 1.29 is 4.74 Å². The van der Waals surface area contributed by atoms with Crippen molar-refractivity contribution >= 4 is 0 Å². The summed E-state index contributed by atoms with van der Waals surface area (Å²) < 4.78 is 8.00. The first-order valence-electron chi connectivity index (χ1n) is 8.41. The van der Waals surface area contributed by atoms with Crippen LogP contribution in [0.1, 0.15) is 63.1 Å². The van der Waals surface area contributed by atoms with E-state index in [4.69, 9.17) is 4.74 Å². The minimum absolute atomic E-state index is 0.139. The third kappa shape index (κ3) is 3.99. The normalized spacial score (nSPS) is 22.8. The van der Waals surface area contributed by atoms with Crippen molar-refractivity contribution in [2.24, 2.45) is 7.05 Å². The van der Waals surface area contributed by atoms with Crippen LogP contribution in [-0.2, 0) is 11.8 Å². The van der Waals surface area contributed by atoms with Crippen LogP contribution in [0.25, 0.3) is 0 Å².